The lowest BCUT2D eigenvalue weighted by Crippen LogP contribution is -2.28. The van der Waals surface area contributed by atoms with Crippen LogP contribution in [0, 0.1) is 5.92 Å². The maximum atomic E-state index is 11.6. The lowest BCUT2D eigenvalue weighted by atomic mass is 9.94. The zero-order valence-electron chi connectivity index (χ0n) is 12.0. The van der Waals surface area contributed by atoms with Crippen LogP contribution in [0.1, 0.15) is 45.1 Å². The van der Waals surface area contributed by atoms with Gasteiger partial charge in [0.1, 0.15) is 6.61 Å². The SMILES string of the molecule is CCC[C@H](N)[C@@H](C)CCC(=O)OCc1ccccc1. The molecule has 0 unspecified atom stereocenters. The molecule has 0 radical (unpaired) electrons. The highest BCUT2D eigenvalue weighted by atomic mass is 16.5. The second-order valence-electron chi connectivity index (χ2n) is 5.11. The quantitative estimate of drug-likeness (QED) is 0.732. The van der Waals surface area contributed by atoms with E-state index in [1.807, 2.05) is 30.3 Å². The highest BCUT2D eigenvalue weighted by Crippen LogP contribution is 2.14. The van der Waals surface area contributed by atoms with Gasteiger partial charge in [-0.3, -0.25) is 4.79 Å². The molecule has 0 saturated carbocycles. The van der Waals surface area contributed by atoms with Gasteiger partial charge in [0, 0.05) is 12.5 Å². The third-order valence-electron chi connectivity index (χ3n) is 3.40. The first-order chi connectivity index (χ1) is 9.13. The molecule has 2 atom stereocenters. The molecule has 106 valence electrons. The van der Waals surface area contributed by atoms with Crippen molar-refractivity contribution in [3.05, 3.63) is 35.9 Å². The Morgan fingerprint density at radius 3 is 2.58 bits per heavy atom. The Morgan fingerprint density at radius 2 is 1.95 bits per heavy atom. The van der Waals surface area contributed by atoms with Gasteiger partial charge in [-0.05, 0) is 24.3 Å². The van der Waals surface area contributed by atoms with E-state index in [9.17, 15) is 4.79 Å². The number of benzene rings is 1. The molecule has 0 saturated heterocycles. The Balaban J connectivity index is 2.21. The Morgan fingerprint density at radius 1 is 1.26 bits per heavy atom. The van der Waals surface area contributed by atoms with Crippen LogP contribution in [0.5, 0.6) is 0 Å². The number of esters is 1. The summed E-state index contributed by atoms with van der Waals surface area (Å²) in [5.74, 6) is 0.226. The van der Waals surface area contributed by atoms with Crippen LogP contribution in [-0.4, -0.2) is 12.0 Å². The lowest BCUT2D eigenvalue weighted by Gasteiger charge is -2.18. The van der Waals surface area contributed by atoms with Crippen LogP contribution in [0.2, 0.25) is 0 Å². The van der Waals surface area contributed by atoms with Gasteiger partial charge in [0.15, 0.2) is 0 Å². The number of nitrogens with two attached hydrogens (primary N) is 1. The summed E-state index contributed by atoms with van der Waals surface area (Å²) in [6.07, 6.45) is 3.35. The normalized spacial score (nSPS) is 13.8. The van der Waals surface area contributed by atoms with E-state index in [0.29, 0.717) is 18.9 Å². The maximum Gasteiger partial charge on any atom is 0.306 e. The molecule has 19 heavy (non-hydrogen) atoms. The van der Waals surface area contributed by atoms with Crippen LogP contribution >= 0.6 is 0 Å². The molecule has 0 aromatic heterocycles. The van der Waals surface area contributed by atoms with Gasteiger partial charge >= 0.3 is 5.97 Å². The van der Waals surface area contributed by atoms with Gasteiger partial charge in [-0.2, -0.15) is 0 Å². The molecule has 0 aliphatic rings. The lowest BCUT2D eigenvalue weighted by molar-refractivity contribution is -0.145. The van der Waals surface area contributed by atoms with Crippen LogP contribution in [0.15, 0.2) is 30.3 Å². The monoisotopic (exact) mass is 263 g/mol. The van der Waals surface area contributed by atoms with Crippen molar-refractivity contribution in [3.63, 3.8) is 0 Å². The highest BCUT2D eigenvalue weighted by molar-refractivity contribution is 5.69. The van der Waals surface area contributed by atoms with Crippen LogP contribution in [0.4, 0.5) is 0 Å². The topological polar surface area (TPSA) is 52.3 Å². The molecule has 0 fully saturated rings. The van der Waals surface area contributed by atoms with Crippen molar-refractivity contribution >= 4 is 5.97 Å². The van der Waals surface area contributed by atoms with Crippen LogP contribution in [-0.2, 0) is 16.1 Å². The summed E-state index contributed by atoms with van der Waals surface area (Å²) in [5.41, 5.74) is 7.05. The average Bonchev–Trinajstić information content (AvgIpc) is 2.43. The van der Waals surface area contributed by atoms with Crippen molar-refractivity contribution in [3.8, 4) is 0 Å². The number of hydrogen-bond acceptors (Lipinski definition) is 3. The fourth-order valence-electron chi connectivity index (χ4n) is 1.99. The van der Waals surface area contributed by atoms with Crippen molar-refractivity contribution in [1.29, 1.82) is 0 Å². The van der Waals surface area contributed by atoms with Gasteiger partial charge in [-0.15, -0.1) is 0 Å². The first-order valence-electron chi connectivity index (χ1n) is 7.08. The molecule has 3 nitrogen and oxygen atoms in total. The Hall–Kier alpha value is -1.35. The van der Waals surface area contributed by atoms with Crippen LogP contribution in [0.25, 0.3) is 0 Å². The van der Waals surface area contributed by atoms with E-state index in [2.05, 4.69) is 13.8 Å². The zero-order chi connectivity index (χ0) is 14.1. The molecule has 3 heteroatoms. The van der Waals surface area contributed by atoms with E-state index < -0.39 is 0 Å². The summed E-state index contributed by atoms with van der Waals surface area (Å²) in [6.45, 7) is 4.58. The van der Waals surface area contributed by atoms with Crippen molar-refractivity contribution in [2.45, 2.75) is 52.2 Å². The molecule has 0 amide bonds. The molecule has 0 spiro atoms. The van der Waals surface area contributed by atoms with E-state index >= 15 is 0 Å². The first-order valence-corrected chi connectivity index (χ1v) is 7.08. The number of carbonyl (C=O) groups excluding carboxylic acids is 1. The number of hydrogen-bond donors (Lipinski definition) is 1. The summed E-state index contributed by atoms with van der Waals surface area (Å²) >= 11 is 0. The van der Waals surface area contributed by atoms with Crippen molar-refractivity contribution in [1.82, 2.24) is 0 Å². The van der Waals surface area contributed by atoms with Gasteiger partial charge in [0.25, 0.3) is 0 Å². The Labute approximate surface area is 116 Å². The zero-order valence-corrected chi connectivity index (χ0v) is 12.0. The molecule has 0 aliphatic heterocycles. The van der Waals surface area contributed by atoms with E-state index in [-0.39, 0.29) is 12.0 Å². The molecule has 1 rings (SSSR count). The smallest absolute Gasteiger partial charge is 0.306 e. The third-order valence-corrected chi connectivity index (χ3v) is 3.40. The number of ether oxygens (including phenoxy) is 1. The Kier molecular flexibility index (Phi) is 7.19. The molecule has 2 N–H and O–H groups in total. The van der Waals surface area contributed by atoms with E-state index in [1.54, 1.807) is 0 Å². The summed E-state index contributed by atoms with van der Waals surface area (Å²) < 4.78 is 5.24. The van der Waals surface area contributed by atoms with Crippen LogP contribution in [0.3, 0.4) is 0 Å². The van der Waals surface area contributed by atoms with Crippen LogP contribution < -0.4 is 5.73 Å². The summed E-state index contributed by atoms with van der Waals surface area (Å²) in [7, 11) is 0. The summed E-state index contributed by atoms with van der Waals surface area (Å²) in [5, 5.41) is 0. The molecule has 0 heterocycles. The van der Waals surface area contributed by atoms with Gasteiger partial charge in [-0.25, -0.2) is 0 Å². The van der Waals surface area contributed by atoms with Crippen molar-refractivity contribution < 1.29 is 9.53 Å². The molecule has 0 aliphatic carbocycles. The van der Waals surface area contributed by atoms with Gasteiger partial charge in [0.05, 0.1) is 0 Å². The van der Waals surface area contributed by atoms with Crippen molar-refractivity contribution in [2.24, 2.45) is 11.7 Å². The molecular formula is C16H25NO2. The highest BCUT2D eigenvalue weighted by Gasteiger charge is 2.14. The molecule has 1 aromatic carbocycles. The number of rotatable bonds is 8. The molecule has 1 aromatic rings. The van der Waals surface area contributed by atoms with E-state index in [1.165, 1.54) is 0 Å². The van der Waals surface area contributed by atoms with Gasteiger partial charge in [-0.1, -0.05) is 50.6 Å². The first kappa shape index (κ1) is 15.7. The van der Waals surface area contributed by atoms with E-state index in [0.717, 1.165) is 24.8 Å². The maximum absolute atomic E-state index is 11.6. The number of carbonyl (C=O) groups is 1. The third kappa shape index (κ3) is 6.39. The standard InChI is InChI=1S/C16H25NO2/c1-3-7-15(17)13(2)10-11-16(18)19-12-14-8-5-4-6-9-14/h4-6,8-9,13,15H,3,7,10-12,17H2,1-2H3/t13-,15-/m0/s1. The fraction of sp³-hybridized carbons (Fsp3) is 0.562. The molecule has 0 bridgehead atoms. The second kappa shape index (κ2) is 8.70. The van der Waals surface area contributed by atoms with Gasteiger partial charge < -0.3 is 10.5 Å². The minimum absolute atomic E-state index is 0.139. The average molecular weight is 263 g/mol. The Bertz CT molecular complexity index is 364. The predicted molar refractivity (Wildman–Crippen MR) is 77.5 cm³/mol. The predicted octanol–water partition coefficient (Wildman–Crippen LogP) is 3.27. The van der Waals surface area contributed by atoms with Crippen molar-refractivity contribution in [2.75, 3.05) is 0 Å². The fourth-order valence-corrected chi connectivity index (χ4v) is 1.99. The van der Waals surface area contributed by atoms with Gasteiger partial charge in [0.2, 0.25) is 0 Å². The van der Waals surface area contributed by atoms with E-state index in [4.69, 9.17) is 10.5 Å². The minimum Gasteiger partial charge on any atom is -0.461 e. The summed E-state index contributed by atoms with van der Waals surface area (Å²) in [6, 6.07) is 9.92. The summed E-state index contributed by atoms with van der Waals surface area (Å²) in [4.78, 5) is 11.6. The second-order valence-corrected chi connectivity index (χ2v) is 5.11. The minimum atomic E-state index is -0.139. The largest absolute Gasteiger partial charge is 0.461 e. The molecular weight excluding hydrogens is 238 g/mol.